The Kier molecular flexibility index (Phi) is 5.35. The molecular weight excluding hydrogens is 192 g/mol. The zero-order chi connectivity index (χ0) is 11.8. The fourth-order valence-electron chi connectivity index (χ4n) is 1.43. The molecule has 0 N–H and O–H groups in total. The van der Waals surface area contributed by atoms with Gasteiger partial charge >= 0.3 is 0 Å². The third-order valence-electron chi connectivity index (χ3n) is 2.54. The molecule has 2 aromatic carbocycles. The van der Waals surface area contributed by atoms with Gasteiger partial charge in [-0.05, 0) is 16.3 Å². The summed E-state index contributed by atoms with van der Waals surface area (Å²) in [6, 6.07) is 14.6. The minimum atomic E-state index is 1.20. The van der Waals surface area contributed by atoms with Gasteiger partial charge in [-0.2, -0.15) is 0 Å². The molecule has 0 saturated heterocycles. The Morgan fingerprint density at radius 3 is 2.19 bits per heavy atom. The van der Waals surface area contributed by atoms with Crippen molar-refractivity contribution < 1.29 is 0 Å². The number of hydrogen-bond acceptors (Lipinski definition) is 0. The van der Waals surface area contributed by atoms with Gasteiger partial charge in [-0.25, -0.2) is 0 Å². The molecule has 2 aromatic rings. The van der Waals surface area contributed by atoms with Gasteiger partial charge in [0.05, 0.1) is 0 Å². The first kappa shape index (κ1) is 12.5. The van der Waals surface area contributed by atoms with Crippen molar-refractivity contribution in [3.05, 3.63) is 54.6 Å². The molecule has 0 amide bonds. The molecule has 0 heterocycles. The first-order chi connectivity index (χ1) is 7.83. The van der Waals surface area contributed by atoms with Gasteiger partial charge in [0.25, 0.3) is 0 Å². The lowest BCUT2D eigenvalue weighted by Crippen LogP contribution is -1.75. The van der Waals surface area contributed by atoms with Gasteiger partial charge in [0.1, 0.15) is 0 Å². The largest absolute Gasteiger partial charge is 0.0984 e. The van der Waals surface area contributed by atoms with E-state index in [1.54, 1.807) is 0 Å². The second kappa shape index (κ2) is 6.84. The Morgan fingerprint density at radius 2 is 1.56 bits per heavy atom. The Labute approximate surface area is 98.6 Å². The van der Waals surface area contributed by atoms with E-state index in [4.69, 9.17) is 0 Å². The maximum Gasteiger partial charge on any atom is -0.0112 e. The maximum absolute atomic E-state index is 3.78. The zero-order valence-corrected chi connectivity index (χ0v) is 10.2. The molecule has 84 valence electrons. The van der Waals surface area contributed by atoms with Crippen LogP contribution >= 0.6 is 0 Å². The lowest BCUT2D eigenvalue weighted by atomic mass is 10.1. The van der Waals surface area contributed by atoms with Crippen molar-refractivity contribution in [3.63, 3.8) is 0 Å². The number of rotatable bonds is 2. The van der Waals surface area contributed by atoms with E-state index in [0.717, 1.165) is 0 Å². The van der Waals surface area contributed by atoms with Crippen LogP contribution in [0.25, 0.3) is 16.8 Å². The third kappa shape index (κ3) is 3.23. The minimum Gasteiger partial charge on any atom is -0.0984 e. The molecule has 0 nitrogen and oxygen atoms in total. The Bertz CT molecular complexity index is 433. The van der Waals surface area contributed by atoms with Gasteiger partial charge in [-0.15, -0.1) is 0 Å². The SMILES string of the molecule is C=Cc1cccc2ccccc12.CCCC. The molecule has 0 radical (unpaired) electrons. The van der Waals surface area contributed by atoms with Crippen LogP contribution in [0.3, 0.4) is 0 Å². The molecule has 0 aliphatic heterocycles. The van der Waals surface area contributed by atoms with Gasteiger partial charge in [-0.1, -0.05) is 81.8 Å². The fraction of sp³-hybridized carbons (Fsp3) is 0.250. The molecule has 0 aromatic heterocycles. The van der Waals surface area contributed by atoms with Gasteiger partial charge in [-0.3, -0.25) is 0 Å². The van der Waals surface area contributed by atoms with Crippen LogP contribution in [0.15, 0.2) is 49.0 Å². The Morgan fingerprint density at radius 1 is 0.938 bits per heavy atom. The highest BCUT2D eigenvalue weighted by molar-refractivity contribution is 5.90. The van der Waals surface area contributed by atoms with Gasteiger partial charge < -0.3 is 0 Å². The molecule has 0 aliphatic carbocycles. The van der Waals surface area contributed by atoms with Gasteiger partial charge in [0.2, 0.25) is 0 Å². The summed E-state index contributed by atoms with van der Waals surface area (Å²) in [5, 5.41) is 2.55. The van der Waals surface area contributed by atoms with Crippen molar-refractivity contribution in [1.82, 2.24) is 0 Å². The highest BCUT2D eigenvalue weighted by Gasteiger charge is 1.93. The van der Waals surface area contributed by atoms with Crippen molar-refractivity contribution in [2.45, 2.75) is 26.7 Å². The predicted molar refractivity (Wildman–Crippen MR) is 74.6 cm³/mol. The molecule has 16 heavy (non-hydrogen) atoms. The Balaban J connectivity index is 0.000000280. The monoisotopic (exact) mass is 212 g/mol. The van der Waals surface area contributed by atoms with Crippen LogP contribution in [0, 0.1) is 0 Å². The lowest BCUT2D eigenvalue weighted by Gasteiger charge is -1.99. The standard InChI is InChI=1S/C12H10.C4H10/c1-2-10-7-5-8-11-6-3-4-9-12(10)11;1-3-4-2/h2-9H,1H2;3-4H2,1-2H3. The molecule has 0 unspecified atom stereocenters. The molecule has 0 atom stereocenters. The van der Waals surface area contributed by atoms with Crippen LogP contribution in [-0.4, -0.2) is 0 Å². The van der Waals surface area contributed by atoms with Gasteiger partial charge in [0.15, 0.2) is 0 Å². The summed E-state index contributed by atoms with van der Waals surface area (Å²) in [5.41, 5.74) is 1.20. The third-order valence-corrected chi connectivity index (χ3v) is 2.54. The van der Waals surface area contributed by atoms with E-state index in [-0.39, 0.29) is 0 Å². The average Bonchev–Trinajstić information content (AvgIpc) is 2.38. The molecular formula is C16H20. The number of fused-ring (bicyclic) bond motifs is 1. The second-order valence-electron chi connectivity index (χ2n) is 3.77. The van der Waals surface area contributed by atoms with E-state index < -0.39 is 0 Å². The van der Waals surface area contributed by atoms with Gasteiger partial charge in [0, 0.05) is 0 Å². The quantitative estimate of drug-likeness (QED) is 0.634. The zero-order valence-electron chi connectivity index (χ0n) is 10.2. The van der Waals surface area contributed by atoms with Crippen LogP contribution in [-0.2, 0) is 0 Å². The van der Waals surface area contributed by atoms with Crippen molar-refractivity contribution >= 4 is 16.8 Å². The lowest BCUT2D eigenvalue weighted by molar-refractivity contribution is 0.886. The van der Waals surface area contributed by atoms with Crippen molar-refractivity contribution in [3.8, 4) is 0 Å². The van der Waals surface area contributed by atoms with Crippen LogP contribution in [0.2, 0.25) is 0 Å². The summed E-state index contributed by atoms with van der Waals surface area (Å²) >= 11 is 0. The molecule has 0 spiro atoms. The number of benzene rings is 2. The highest BCUT2D eigenvalue weighted by atomic mass is 14.0. The van der Waals surface area contributed by atoms with Crippen LogP contribution in [0.1, 0.15) is 32.3 Å². The van der Waals surface area contributed by atoms with Crippen LogP contribution in [0.5, 0.6) is 0 Å². The topological polar surface area (TPSA) is 0 Å². The molecule has 0 bridgehead atoms. The number of hydrogen-bond donors (Lipinski definition) is 0. The summed E-state index contributed by atoms with van der Waals surface area (Å²) in [5.74, 6) is 0. The molecule has 0 saturated carbocycles. The maximum atomic E-state index is 3.78. The average molecular weight is 212 g/mol. The van der Waals surface area contributed by atoms with E-state index >= 15 is 0 Å². The summed E-state index contributed by atoms with van der Waals surface area (Å²) in [6.45, 7) is 8.14. The van der Waals surface area contributed by atoms with Crippen LogP contribution in [0.4, 0.5) is 0 Å². The van der Waals surface area contributed by atoms with E-state index in [1.165, 1.54) is 29.2 Å². The van der Waals surface area contributed by atoms with Crippen molar-refractivity contribution in [2.75, 3.05) is 0 Å². The first-order valence-corrected chi connectivity index (χ1v) is 5.93. The summed E-state index contributed by atoms with van der Waals surface area (Å²) in [4.78, 5) is 0. The van der Waals surface area contributed by atoms with E-state index in [1.807, 2.05) is 6.08 Å². The smallest absolute Gasteiger partial charge is 0.0112 e. The first-order valence-electron chi connectivity index (χ1n) is 5.93. The highest BCUT2D eigenvalue weighted by Crippen LogP contribution is 2.18. The van der Waals surface area contributed by atoms with E-state index in [0.29, 0.717) is 0 Å². The molecule has 0 heteroatoms. The normalized spacial score (nSPS) is 9.38. The number of unbranched alkanes of at least 4 members (excludes halogenated alkanes) is 1. The molecule has 0 fully saturated rings. The predicted octanol–water partition coefficient (Wildman–Crippen LogP) is 5.29. The minimum absolute atomic E-state index is 1.20. The summed E-state index contributed by atoms with van der Waals surface area (Å²) < 4.78 is 0. The fourth-order valence-corrected chi connectivity index (χ4v) is 1.43. The molecule has 2 rings (SSSR count). The van der Waals surface area contributed by atoms with Crippen LogP contribution < -0.4 is 0 Å². The summed E-state index contributed by atoms with van der Waals surface area (Å²) in [6.07, 6.45) is 4.53. The van der Waals surface area contributed by atoms with Crippen molar-refractivity contribution in [2.24, 2.45) is 0 Å². The molecule has 0 aliphatic rings. The van der Waals surface area contributed by atoms with Crippen molar-refractivity contribution in [1.29, 1.82) is 0 Å². The Hall–Kier alpha value is -1.56. The summed E-state index contributed by atoms with van der Waals surface area (Å²) in [7, 11) is 0. The van der Waals surface area contributed by atoms with E-state index in [2.05, 4.69) is 62.9 Å². The second-order valence-corrected chi connectivity index (χ2v) is 3.77. The van der Waals surface area contributed by atoms with E-state index in [9.17, 15) is 0 Å².